The second-order valence-corrected chi connectivity index (χ2v) is 10.4. The molecule has 182 valence electrons. The van der Waals surface area contributed by atoms with Gasteiger partial charge in [0.1, 0.15) is 27.5 Å². The zero-order valence-electron chi connectivity index (χ0n) is 19.6. The number of carbonyl (C=O) groups is 1. The summed E-state index contributed by atoms with van der Waals surface area (Å²) in [6, 6.07) is 15.9. The van der Waals surface area contributed by atoms with Gasteiger partial charge in [0, 0.05) is 28.9 Å². The highest BCUT2D eigenvalue weighted by molar-refractivity contribution is 9.10. The molecule has 0 fully saturated rings. The van der Waals surface area contributed by atoms with Crippen LogP contribution in [0, 0.1) is 5.82 Å². The Labute approximate surface area is 220 Å². The molecule has 0 atom stereocenters. The SMILES string of the molecule is CC(C)(C)OC(=O)n1ccc2cc(-c3ccc(-c4nc(-c5c(F)cccc5Cl)[nH]c4Br)cn3)ccc21. The van der Waals surface area contributed by atoms with E-state index in [0.29, 0.717) is 16.1 Å². The van der Waals surface area contributed by atoms with E-state index in [1.54, 1.807) is 24.5 Å². The molecule has 0 aliphatic heterocycles. The summed E-state index contributed by atoms with van der Waals surface area (Å²) in [5.74, 6) is -0.135. The quantitative estimate of drug-likeness (QED) is 0.239. The molecular formula is C27H21BrClFN4O2. The van der Waals surface area contributed by atoms with E-state index < -0.39 is 17.5 Å². The Morgan fingerprint density at radius 2 is 1.89 bits per heavy atom. The molecular weight excluding hydrogens is 547 g/mol. The van der Waals surface area contributed by atoms with E-state index >= 15 is 0 Å². The third kappa shape index (κ3) is 4.66. The first-order valence-electron chi connectivity index (χ1n) is 11.1. The number of nitrogens with zero attached hydrogens (tertiary/aromatic N) is 3. The smallest absolute Gasteiger partial charge is 0.418 e. The number of benzene rings is 2. The minimum absolute atomic E-state index is 0.210. The molecule has 3 aromatic heterocycles. The van der Waals surface area contributed by atoms with Crippen molar-refractivity contribution in [2.45, 2.75) is 26.4 Å². The molecule has 9 heteroatoms. The fourth-order valence-corrected chi connectivity index (χ4v) is 4.62. The summed E-state index contributed by atoms with van der Waals surface area (Å²) in [4.78, 5) is 24.7. The minimum Gasteiger partial charge on any atom is -0.443 e. The van der Waals surface area contributed by atoms with Gasteiger partial charge in [-0.3, -0.25) is 9.55 Å². The van der Waals surface area contributed by atoms with Gasteiger partial charge >= 0.3 is 6.09 Å². The van der Waals surface area contributed by atoms with Crippen molar-refractivity contribution in [2.75, 3.05) is 0 Å². The Morgan fingerprint density at radius 3 is 2.58 bits per heavy atom. The first kappa shape index (κ1) is 24.2. The second-order valence-electron chi connectivity index (χ2n) is 9.22. The lowest BCUT2D eigenvalue weighted by molar-refractivity contribution is 0.0544. The number of hydrogen-bond donors (Lipinski definition) is 1. The lowest BCUT2D eigenvalue weighted by Crippen LogP contribution is -2.26. The van der Waals surface area contributed by atoms with Crippen LogP contribution in [0.2, 0.25) is 5.02 Å². The highest BCUT2D eigenvalue weighted by Gasteiger charge is 2.20. The predicted octanol–water partition coefficient (Wildman–Crippen LogP) is 8.10. The number of ether oxygens (including phenoxy) is 1. The molecule has 0 aliphatic rings. The Morgan fingerprint density at radius 1 is 1.11 bits per heavy atom. The number of imidazole rings is 1. The van der Waals surface area contributed by atoms with Crippen molar-refractivity contribution < 1.29 is 13.9 Å². The molecule has 6 nitrogen and oxygen atoms in total. The van der Waals surface area contributed by atoms with Crippen molar-refractivity contribution >= 4 is 44.5 Å². The van der Waals surface area contributed by atoms with Crippen LogP contribution in [-0.2, 0) is 4.74 Å². The van der Waals surface area contributed by atoms with Gasteiger partial charge in [0.25, 0.3) is 0 Å². The summed E-state index contributed by atoms with van der Waals surface area (Å²) in [5, 5.41) is 1.16. The zero-order valence-corrected chi connectivity index (χ0v) is 22.0. The van der Waals surface area contributed by atoms with E-state index in [1.807, 2.05) is 57.2 Å². The van der Waals surface area contributed by atoms with E-state index in [0.717, 1.165) is 27.7 Å². The standard InChI is InChI=1S/C27H21BrClFN4O2/c1-27(2,3)36-26(35)34-12-11-16-13-15(8-10-21(16)34)20-9-7-17(14-31-20)23-24(28)33-25(32-23)22-18(29)5-4-6-19(22)30/h4-14H,1-3H3,(H,32,33). The number of nitrogens with one attached hydrogen (secondary N) is 1. The Kier molecular flexibility index (Phi) is 6.18. The number of H-pyrrole nitrogens is 1. The molecule has 0 amide bonds. The fraction of sp³-hybridized carbons (Fsp3) is 0.148. The summed E-state index contributed by atoms with van der Waals surface area (Å²) in [7, 11) is 0. The summed E-state index contributed by atoms with van der Waals surface area (Å²) < 4.78 is 21.9. The molecule has 0 spiro atoms. The summed E-state index contributed by atoms with van der Waals surface area (Å²) >= 11 is 9.67. The molecule has 0 bridgehead atoms. The number of aromatic nitrogens is 4. The maximum atomic E-state index is 14.4. The van der Waals surface area contributed by atoms with Gasteiger partial charge in [0.05, 0.1) is 21.8 Å². The van der Waals surface area contributed by atoms with Crippen molar-refractivity contribution in [3.8, 4) is 33.9 Å². The number of carbonyl (C=O) groups excluding carboxylic acids is 1. The topological polar surface area (TPSA) is 72.8 Å². The third-order valence-corrected chi connectivity index (χ3v) is 6.36. The van der Waals surface area contributed by atoms with E-state index in [9.17, 15) is 9.18 Å². The Bertz CT molecular complexity index is 1580. The maximum absolute atomic E-state index is 14.4. The molecule has 0 saturated heterocycles. The average molecular weight is 568 g/mol. The van der Waals surface area contributed by atoms with Crippen molar-refractivity contribution in [1.29, 1.82) is 0 Å². The van der Waals surface area contributed by atoms with Gasteiger partial charge in [0.15, 0.2) is 0 Å². The van der Waals surface area contributed by atoms with Crippen LogP contribution in [0.1, 0.15) is 20.8 Å². The van der Waals surface area contributed by atoms with Crippen molar-refractivity contribution in [1.82, 2.24) is 19.5 Å². The molecule has 36 heavy (non-hydrogen) atoms. The van der Waals surface area contributed by atoms with Crippen LogP contribution in [0.5, 0.6) is 0 Å². The summed E-state index contributed by atoms with van der Waals surface area (Å²) in [6.07, 6.45) is 2.99. The van der Waals surface area contributed by atoms with E-state index in [-0.39, 0.29) is 10.6 Å². The summed E-state index contributed by atoms with van der Waals surface area (Å²) in [6.45, 7) is 5.50. The number of fused-ring (bicyclic) bond motifs is 1. The van der Waals surface area contributed by atoms with Crippen molar-refractivity contribution in [3.05, 3.63) is 82.4 Å². The normalized spacial score (nSPS) is 11.7. The predicted molar refractivity (Wildman–Crippen MR) is 142 cm³/mol. The average Bonchev–Trinajstić information content (AvgIpc) is 3.41. The largest absolute Gasteiger partial charge is 0.443 e. The number of pyridine rings is 1. The van der Waals surface area contributed by atoms with Crippen LogP contribution >= 0.6 is 27.5 Å². The van der Waals surface area contributed by atoms with Gasteiger partial charge < -0.3 is 9.72 Å². The van der Waals surface area contributed by atoms with Crippen LogP contribution in [0.3, 0.4) is 0 Å². The molecule has 0 aliphatic carbocycles. The van der Waals surface area contributed by atoms with Crippen LogP contribution in [0.15, 0.2) is 71.6 Å². The van der Waals surface area contributed by atoms with Gasteiger partial charge in [-0.15, -0.1) is 0 Å². The lowest BCUT2D eigenvalue weighted by Gasteiger charge is -2.19. The highest BCUT2D eigenvalue weighted by Crippen LogP contribution is 2.34. The monoisotopic (exact) mass is 566 g/mol. The number of aromatic amines is 1. The van der Waals surface area contributed by atoms with Gasteiger partial charge in [-0.1, -0.05) is 23.7 Å². The Hall–Kier alpha value is -3.49. The number of hydrogen-bond acceptors (Lipinski definition) is 4. The minimum atomic E-state index is -0.578. The molecule has 0 radical (unpaired) electrons. The molecule has 2 aromatic carbocycles. The Balaban J connectivity index is 1.43. The van der Waals surface area contributed by atoms with Crippen molar-refractivity contribution in [2.24, 2.45) is 0 Å². The highest BCUT2D eigenvalue weighted by atomic mass is 79.9. The van der Waals surface area contributed by atoms with Gasteiger partial charge in [0.2, 0.25) is 0 Å². The molecule has 3 heterocycles. The van der Waals surface area contributed by atoms with E-state index in [1.165, 1.54) is 10.6 Å². The van der Waals surface area contributed by atoms with E-state index in [2.05, 4.69) is 30.9 Å². The van der Waals surface area contributed by atoms with Gasteiger partial charge in [-0.25, -0.2) is 14.2 Å². The van der Waals surface area contributed by atoms with Crippen LogP contribution in [0.25, 0.3) is 44.8 Å². The molecule has 0 saturated carbocycles. The van der Waals surface area contributed by atoms with Crippen LogP contribution < -0.4 is 0 Å². The van der Waals surface area contributed by atoms with E-state index in [4.69, 9.17) is 16.3 Å². The second kappa shape index (κ2) is 9.19. The summed E-state index contributed by atoms with van der Waals surface area (Å²) in [5.41, 5.74) is 3.38. The maximum Gasteiger partial charge on any atom is 0.418 e. The number of rotatable bonds is 3. The molecule has 5 rings (SSSR count). The lowest BCUT2D eigenvalue weighted by atomic mass is 10.1. The van der Waals surface area contributed by atoms with Crippen LogP contribution in [-0.4, -0.2) is 31.2 Å². The fourth-order valence-electron chi connectivity index (χ4n) is 3.86. The van der Waals surface area contributed by atoms with Crippen LogP contribution in [0.4, 0.5) is 9.18 Å². The first-order valence-corrected chi connectivity index (χ1v) is 12.3. The molecule has 0 unspecified atom stereocenters. The molecule has 5 aromatic rings. The number of halogens is 3. The zero-order chi connectivity index (χ0) is 25.6. The third-order valence-electron chi connectivity index (χ3n) is 5.47. The molecule has 1 N–H and O–H groups in total. The first-order chi connectivity index (χ1) is 17.1. The van der Waals surface area contributed by atoms with Gasteiger partial charge in [-0.05, 0) is 79.2 Å². The van der Waals surface area contributed by atoms with Crippen molar-refractivity contribution in [3.63, 3.8) is 0 Å². The van der Waals surface area contributed by atoms with Gasteiger partial charge in [-0.2, -0.15) is 0 Å².